The maximum absolute atomic E-state index is 13.0. The second-order valence-electron chi connectivity index (χ2n) is 5.63. The summed E-state index contributed by atoms with van der Waals surface area (Å²) in [5, 5.41) is 3.50. The van der Waals surface area contributed by atoms with Crippen LogP contribution in [0.3, 0.4) is 0 Å². The highest BCUT2D eigenvalue weighted by Gasteiger charge is 2.22. The van der Waals surface area contributed by atoms with Crippen molar-refractivity contribution >= 4 is 15.9 Å². The summed E-state index contributed by atoms with van der Waals surface area (Å²) in [6.07, 6.45) is 2.46. The standard InChI is InChI=1S/C18H19BrFNO2/c1-22-17-9-8-16(19)15(10-21-14-6-7-14)18(17)23-11-12-2-4-13(20)5-3-12/h2-5,8-9,14,21H,6-7,10-11H2,1H3. The number of methoxy groups -OCH3 is 1. The molecule has 3 nitrogen and oxygen atoms in total. The highest BCUT2D eigenvalue weighted by atomic mass is 79.9. The number of ether oxygens (including phenoxy) is 2. The van der Waals surface area contributed by atoms with Crippen molar-refractivity contribution in [2.45, 2.75) is 32.0 Å². The molecule has 0 aromatic heterocycles. The van der Waals surface area contributed by atoms with Gasteiger partial charge in [-0.1, -0.05) is 28.1 Å². The molecular weight excluding hydrogens is 361 g/mol. The molecule has 0 atom stereocenters. The monoisotopic (exact) mass is 379 g/mol. The van der Waals surface area contributed by atoms with Gasteiger partial charge in [0.15, 0.2) is 11.5 Å². The minimum atomic E-state index is -0.247. The molecule has 1 N–H and O–H groups in total. The quantitative estimate of drug-likeness (QED) is 0.771. The SMILES string of the molecule is COc1ccc(Br)c(CNC2CC2)c1OCc1ccc(F)cc1. The van der Waals surface area contributed by atoms with Crippen molar-refractivity contribution in [2.24, 2.45) is 0 Å². The molecule has 1 fully saturated rings. The van der Waals surface area contributed by atoms with Crippen molar-refractivity contribution in [2.75, 3.05) is 7.11 Å². The van der Waals surface area contributed by atoms with E-state index in [2.05, 4.69) is 21.2 Å². The van der Waals surface area contributed by atoms with Crippen LogP contribution in [0.4, 0.5) is 4.39 Å². The second-order valence-corrected chi connectivity index (χ2v) is 6.48. The lowest BCUT2D eigenvalue weighted by atomic mass is 10.1. The lowest BCUT2D eigenvalue weighted by molar-refractivity contribution is 0.280. The Labute approximate surface area is 143 Å². The molecule has 1 aliphatic rings. The van der Waals surface area contributed by atoms with Gasteiger partial charge >= 0.3 is 0 Å². The van der Waals surface area contributed by atoms with E-state index in [-0.39, 0.29) is 5.82 Å². The maximum Gasteiger partial charge on any atom is 0.167 e. The van der Waals surface area contributed by atoms with Gasteiger partial charge in [0.25, 0.3) is 0 Å². The number of rotatable bonds is 7. The smallest absolute Gasteiger partial charge is 0.167 e. The molecule has 1 saturated carbocycles. The molecular formula is C18H19BrFNO2. The first-order valence-electron chi connectivity index (χ1n) is 7.63. The summed E-state index contributed by atoms with van der Waals surface area (Å²) in [6, 6.07) is 10.8. The predicted octanol–water partition coefficient (Wildman–Crippen LogP) is 4.43. The predicted molar refractivity (Wildman–Crippen MR) is 91.3 cm³/mol. The minimum absolute atomic E-state index is 0.247. The van der Waals surface area contributed by atoms with Crippen LogP contribution < -0.4 is 14.8 Å². The van der Waals surface area contributed by atoms with E-state index in [1.54, 1.807) is 19.2 Å². The van der Waals surface area contributed by atoms with E-state index in [9.17, 15) is 4.39 Å². The summed E-state index contributed by atoms with van der Waals surface area (Å²) in [5.74, 6) is 1.17. The van der Waals surface area contributed by atoms with Gasteiger partial charge in [-0.05, 0) is 42.7 Å². The van der Waals surface area contributed by atoms with Gasteiger partial charge in [-0.25, -0.2) is 4.39 Å². The van der Waals surface area contributed by atoms with E-state index in [1.807, 2.05) is 12.1 Å². The number of benzene rings is 2. The number of nitrogens with one attached hydrogen (secondary N) is 1. The summed E-state index contributed by atoms with van der Waals surface area (Å²) in [5.41, 5.74) is 1.95. The fourth-order valence-electron chi connectivity index (χ4n) is 2.34. The largest absolute Gasteiger partial charge is 0.493 e. The van der Waals surface area contributed by atoms with Gasteiger partial charge in [-0.15, -0.1) is 0 Å². The third-order valence-corrected chi connectivity index (χ3v) is 4.57. The van der Waals surface area contributed by atoms with Crippen LogP contribution in [0.15, 0.2) is 40.9 Å². The molecule has 3 rings (SSSR count). The third-order valence-electron chi connectivity index (χ3n) is 3.83. The van der Waals surface area contributed by atoms with Crippen LogP contribution >= 0.6 is 15.9 Å². The Balaban J connectivity index is 1.79. The first-order chi connectivity index (χ1) is 11.2. The second kappa shape index (κ2) is 7.32. The van der Waals surface area contributed by atoms with Crippen LogP contribution in [0.1, 0.15) is 24.0 Å². The van der Waals surface area contributed by atoms with Crippen LogP contribution in [0.5, 0.6) is 11.5 Å². The zero-order valence-corrected chi connectivity index (χ0v) is 14.5. The van der Waals surface area contributed by atoms with Crippen molar-refractivity contribution in [3.63, 3.8) is 0 Å². The van der Waals surface area contributed by atoms with Crippen LogP contribution in [0.2, 0.25) is 0 Å². The lowest BCUT2D eigenvalue weighted by Crippen LogP contribution is -2.16. The Morgan fingerprint density at radius 1 is 1.17 bits per heavy atom. The minimum Gasteiger partial charge on any atom is -0.493 e. The van der Waals surface area contributed by atoms with E-state index in [4.69, 9.17) is 9.47 Å². The van der Waals surface area contributed by atoms with Gasteiger partial charge in [-0.3, -0.25) is 0 Å². The average molecular weight is 380 g/mol. The van der Waals surface area contributed by atoms with Gasteiger partial charge in [-0.2, -0.15) is 0 Å². The lowest BCUT2D eigenvalue weighted by Gasteiger charge is -2.17. The Hall–Kier alpha value is -1.59. The molecule has 2 aromatic rings. The van der Waals surface area contributed by atoms with Gasteiger partial charge in [0.2, 0.25) is 0 Å². The Morgan fingerprint density at radius 3 is 2.57 bits per heavy atom. The third kappa shape index (κ3) is 4.24. The molecule has 0 unspecified atom stereocenters. The fourth-order valence-corrected chi connectivity index (χ4v) is 2.79. The molecule has 0 bridgehead atoms. The molecule has 0 radical (unpaired) electrons. The molecule has 23 heavy (non-hydrogen) atoms. The van der Waals surface area contributed by atoms with E-state index in [0.717, 1.165) is 27.9 Å². The molecule has 2 aromatic carbocycles. The summed E-state index contributed by atoms with van der Waals surface area (Å²) >= 11 is 3.59. The van der Waals surface area contributed by atoms with Crippen LogP contribution in [0, 0.1) is 5.82 Å². The Morgan fingerprint density at radius 2 is 1.91 bits per heavy atom. The number of halogens is 2. The molecule has 1 aliphatic carbocycles. The van der Waals surface area contributed by atoms with Crippen LogP contribution in [-0.4, -0.2) is 13.2 Å². The van der Waals surface area contributed by atoms with Crippen molar-refractivity contribution in [1.82, 2.24) is 5.32 Å². The molecule has 0 heterocycles. The van der Waals surface area contributed by atoms with Crippen molar-refractivity contribution in [3.05, 3.63) is 57.8 Å². The first-order valence-corrected chi connectivity index (χ1v) is 8.42. The van der Waals surface area contributed by atoms with E-state index >= 15 is 0 Å². The number of hydrogen-bond acceptors (Lipinski definition) is 3. The van der Waals surface area contributed by atoms with E-state index in [0.29, 0.717) is 18.4 Å². The average Bonchev–Trinajstić information content (AvgIpc) is 3.38. The fraction of sp³-hybridized carbons (Fsp3) is 0.333. The van der Waals surface area contributed by atoms with Gasteiger partial charge in [0.1, 0.15) is 12.4 Å². The van der Waals surface area contributed by atoms with E-state index < -0.39 is 0 Å². The molecule has 0 aliphatic heterocycles. The summed E-state index contributed by atoms with van der Waals surface area (Å²) in [6.45, 7) is 1.09. The van der Waals surface area contributed by atoms with Crippen molar-refractivity contribution < 1.29 is 13.9 Å². The van der Waals surface area contributed by atoms with Gasteiger partial charge in [0.05, 0.1) is 7.11 Å². The summed E-state index contributed by atoms with van der Waals surface area (Å²) < 4.78 is 25.4. The van der Waals surface area contributed by atoms with Gasteiger partial charge in [0, 0.05) is 22.6 Å². The Kier molecular flexibility index (Phi) is 5.18. The summed E-state index contributed by atoms with van der Waals surface area (Å²) in [4.78, 5) is 0. The first kappa shape index (κ1) is 16.3. The van der Waals surface area contributed by atoms with E-state index in [1.165, 1.54) is 25.0 Å². The molecule has 0 spiro atoms. The summed E-state index contributed by atoms with van der Waals surface area (Å²) in [7, 11) is 1.63. The van der Waals surface area contributed by atoms with Crippen LogP contribution in [0.25, 0.3) is 0 Å². The molecule has 122 valence electrons. The highest BCUT2D eigenvalue weighted by Crippen LogP contribution is 2.37. The van der Waals surface area contributed by atoms with Crippen LogP contribution in [-0.2, 0) is 13.2 Å². The normalized spacial score (nSPS) is 13.9. The zero-order valence-electron chi connectivity index (χ0n) is 12.9. The molecule has 5 heteroatoms. The molecule has 0 amide bonds. The maximum atomic E-state index is 13.0. The van der Waals surface area contributed by atoms with Crippen molar-refractivity contribution in [3.8, 4) is 11.5 Å². The molecule has 0 saturated heterocycles. The zero-order chi connectivity index (χ0) is 16.2. The highest BCUT2D eigenvalue weighted by molar-refractivity contribution is 9.10. The number of hydrogen-bond donors (Lipinski definition) is 1. The Bertz CT molecular complexity index is 671. The topological polar surface area (TPSA) is 30.5 Å². The van der Waals surface area contributed by atoms with Gasteiger partial charge < -0.3 is 14.8 Å². The van der Waals surface area contributed by atoms with Crippen molar-refractivity contribution in [1.29, 1.82) is 0 Å².